The maximum Gasteiger partial charge on any atom is 0.0716 e. The van der Waals surface area contributed by atoms with Crippen molar-refractivity contribution in [2.75, 3.05) is 6.61 Å². The molecule has 2 aromatic carbocycles. The van der Waals surface area contributed by atoms with Gasteiger partial charge < -0.3 is 4.74 Å². The van der Waals surface area contributed by atoms with E-state index < -0.39 is 0 Å². The molecule has 3 rings (SSSR count). The van der Waals surface area contributed by atoms with Crippen molar-refractivity contribution in [3.63, 3.8) is 0 Å². The molecule has 0 bridgehead atoms. The molecule has 1 aliphatic rings. The van der Waals surface area contributed by atoms with Crippen LogP contribution in [-0.4, -0.2) is 6.61 Å². The third-order valence-electron chi connectivity index (χ3n) is 5.63. The molecule has 0 spiro atoms. The first-order valence-electron chi connectivity index (χ1n) is 10.2. The van der Waals surface area contributed by atoms with E-state index in [-0.39, 0.29) is 0 Å². The molecule has 0 saturated heterocycles. The average molecular weight is 349 g/mol. The van der Waals surface area contributed by atoms with E-state index in [0.29, 0.717) is 6.61 Å². The van der Waals surface area contributed by atoms with Crippen LogP contribution in [-0.2, 0) is 11.3 Å². The van der Waals surface area contributed by atoms with Crippen LogP contribution in [0.2, 0.25) is 0 Å². The number of benzene rings is 2. The molecule has 0 amide bonds. The summed E-state index contributed by atoms with van der Waals surface area (Å²) in [5.41, 5.74) is 5.34. The van der Waals surface area contributed by atoms with Crippen LogP contribution in [0.1, 0.15) is 62.5 Å². The normalized spacial score (nSPS) is 20.0. The van der Waals surface area contributed by atoms with Crippen LogP contribution in [0.25, 0.3) is 11.1 Å². The highest BCUT2D eigenvalue weighted by atomic mass is 16.5. The predicted octanol–water partition coefficient (Wildman–Crippen LogP) is 7.13. The molecule has 138 valence electrons. The van der Waals surface area contributed by atoms with Crippen LogP contribution in [0.15, 0.2) is 61.2 Å². The lowest BCUT2D eigenvalue weighted by Crippen LogP contribution is -2.12. The van der Waals surface area contributed by atoms with Gasteiger partial charge in [0, 0.05) is 6.61 Å². The summed E-state index contributed by atoms with van der Waals surface area (Å²) in [7, 11) is 0. The molecule has 1 heteroatoms. The van der Waals surface area contributed by atoms with E-state index in [1.165, 1.54) is 54.4 Å². The minimum Gasteiger partial charge on any atom is -0.377 e. The van der Waals surface area contributed by atoms with E-state index in [1.807, 2.05) is 0 Å². The van der Waals surface area contributed by atoms with Crippen LogP contribution < -0.4 is 0 Å². The fourth-order valence-electron chi connectivity index (χ4n) is 4.04. The second-order valence-electron chi connectivity index (χ2n) is 7.61. The SMILES string of the molecule is C=CC[C@H]1CC[C@H](c2ccc(-c3ccc(COCCC)cc3)cc2)CC1. The molecule has 26 heavy (non-hydrogen) atoms. The second kappa shape index (κ2) is 9.73. The molecular formula is C25H32O. The Bertz CT molecular complexity index is 660. The van der Waals surface area contributed by atoms with Crippen molar-refractivity contribution in [1.82, 2.24) is 0 Å². The second-order valence-corrected chi connectivity index (χ2v) is 7.61. The van der Waals surface area contributed by atoms with Crippen molar-refractivity contribution in [3.8, 4) is 11.1 Å². The maximum absolute atomic E-state index is 5.61. The number of rotatable bonds is 8. The van der Waals surface area contributed by atoms with Gasteiger partial charge in [0.15, 0.2) is 0 Å². The standard InChI is InChI=1S/C25H32O/c1-3-5-20-6-10-22(11-7-20)24-14-16-25(17-15-24)23-12-8-21(9-13-23)19-26-18-4-2/h3,8-9,12-17,20,22H,1,4-7,10-11,18-19H2,2H3/t20-,22-. The molecule has 0 heterocycles. The van der Waals surface area contributed by atoms with Crippen molar-refractivity contribution < 1.29 is 4.74 Å². The Labute approximate surface area is 159 Å². The Balaban J connectivity index is 1.58. The largest absolute Gasteiger partial charge is 0.377 e. The van der Waals surface area contributed by atoms with Crippen molar-refractivity contribution in [1.29, 1.82) is 0 Å². The van der Waals surface area contributed by atoms with Crippen molar-refractivity contribution in [2.45, 2.75) is 58.0 Å². The first-order chi connectivity index (χ1) is 12.8. The molecule has 0 aliphatic heterocycles. The van der Waals surface area contributed by atoms with E-state index in [1.54, 1.807) is 0 Å². The summed E-state index contributed by atoms with van der Waals surface area (Å²) in [5.74, 6) is 1.60. The topological polar surface area (TPSA) is 9.23 Å². The highest BCUT2D eigenvalue weighted by Gasteiger charge is 2.21. The zero-order valence-corrected chi connectivity index (χ0v) is 16.1. The molecule has 1 nitrogen and oxygen atoms in total. The van der Waals surface area contributed by atoms with Gasteiger partial charge in [-0.25, -0.2) is 0 Å². The fourth-order valence-corrected chi connectivity index (χ4v) is 4.04. The summed E-state index contributed by atoms with van der Waals surface area (Å²) in [4.78, 5) is 0. The van der Waals surface area contributed by atoms with Gasteiger partial charge in [-0.1, -0.05) is 61.5 Å². The average Bonchev–Trinajstić information content (AvgIpc) is 2.70. The number of hydrogen-bond donors (Lipinski definition) is 0. The molecule has 0 atom stereocenters. The van der Waals surface area contributed by atoms with Crippen molar-refractivity contribution in [3.05, 3.63) is 72.3 Å². The smallest absolute Gasteiger partial charge is 0.0716 e. The Kier molecular flexibility index (Phi) is 7.08. The quantitative estimate of drug-likeness (QED) is 0.364. The summed E-state index contributed by atoms with van der Waals surface area (Å²) in [6, 6.07) is 18.0. The fraction of sp³-hybridized carbons (Fsp3) is 0.440. The van der Waals surface area contributed by atoms with Gasteiger partial charge in [-0.2, -0.15) is 0 Å². The number of allylic oxidation sites excluding steroid dienone is 1. The van der Waals surface area contributed by atoms with E-state index in [0.717, 1.165) is 24.9 Å². The lowest BCUT2D eigenvalue weighted by molar-refractivity contribution is 0.121. The summed E-state index contributed by atoms with van der Waals surface area (Å²) < 4.78 is 5.61. The molecule has 0 radical (unpaired) electrons. The molecule has 0 unspecified atom stereocenters. The molecular weight excluding hydrogens is 316 g/mol. The first kappa shape index (κ1) is 18.9. The highest BCUT2D eigenvalue weighted by Crippen LogP contribution is 2.37. The molecule has 1 fully saturated rings. The zero-order valence-electron chi connectivity index (χ0n) is 16.1. The summed E-state index contributed by atoms with van der Waals surface area (Å²) in [5, 5.41) is 0. The van der Waals surface area contributed by atoms with E-state index >= 15 is 0 Å². The maximum atomic E-state index is 5.61. The predicted molar refractivity (Wildman–Crippen MR) is 111 cm³/mol. The van der Waals surface area contributed by atoms with Gasteiger partial charge in [-0.05, 0) is 72.6 Å². The van der Waals surface area contributed by atoms with E-state index in [4.69, 9.17) is 4.74 Å². The molecule has 0 N–H and O–H groups in total. The minimum absolute atomic E-state index is 0.710. The lowest BCUT2D eigenvalue weighted by atomic mass is 9.77. The Morgan fingerprint density at radius 2 is 1.54 bits per heavy atom. The van der Waals surface area contributed by atoms with Gasteiger partial charge in [0.05, 0.1) is 6.61 Å². The summed E-state index contributed by atoms with van der Waals surface area (Å²) >= 11 is 0. The van der Waals surface area contributed by atoms with E-state index in [2.05, 4.69) is 68.1 Å². The van der Waals surface area contributed by atoms with Gasteiger partial charge >= 0.3 is 0 Å². The monoisotopic (exact) mass is 348 g/mol. The third-order valence-corrected chi connectivity index (χ3v) is 5.63. The Morgan fingerprint density at radius 3 is 2.12 bits per heavy atom. The first-order valence-corrected chi connectivity index (χ1v) is 10.2. The van der Waals surface area contributed by atoms with Crippen molar-refractivity contribution >= 4 is 0 Å². The highest BCUT2D eigenvalue weighted by molar-refractivity contribution is 5.64. The van der Waals surface area contributed by atoms with Crippen LogP contribution >= 0.6 is 0 Å². The number of ether oxygens (including phenoxy) is 1. The van der Waals surface area contributed by atoms with Crippen LogP contribution in [0, 0.1) is 5.92 Å². The van der Waals surface area contributed by atoms with Gasteiger partial charge in [0.25, 0.3) is 0 Å². The van der Waals surface area contributed by atoms with Crippen LogP contribution in [0.3, 0.4) is 0 Å². The lowest BCUT2D eigenvalue weighted by Gasteiger charge is -2.28. The Hall–Kier alpha value is -1.86. The third kappa shape index (κ3) is 5.08. The molecule has 1 aliphatic carbocycles. The molecule has 2 aromatic rings. The van der Waals surface area contributed by atoms with Gasteiger partial charge in [0.1, 0.15) is 0 Å². The van der Waals surface area contributed by atoms with Gasteiger partial charge in [0.2, 0.25) is 0 Å². The summed E-state index contributed by atoms with van der Waals surface area (Å²) in [6.45, 7) is 7.57. The summed E-state index contributed by atoms with van der Waals surface area (Å²) in [6.07, 6.45) is 9.68. The minimum atomic E-state index is 0.710. The zero-order chi connectivity index (χ0) is 18.2. The van der Waals surface area contributed by atoms with Crippen molar-refractivity contribution in [2.24, 2.45) is 5.92 Å². The Morgan fingerprint density at radius 1 is 0.923 bits per heavy atom. The number of hydrogen-bond acceptors (Lipinski definition) is 1. The van der Waals surface area contributed by atoms with E-state index in [9.17, 15) is 0 Å². The molecule has 1 saturated carbocycles. The molecule has 0 aromatic heterocycles. The van der Waals surface area contributed by atoms with Gasteiger partial charge in [-0.15, -0.1) is 6.58 Å². The van der Waals surface area contributed by atoms with Crippen LogP contribution in [0.4, 0.5) is 0 Å². The van der Waals surface area contributed by atoms with Crippen LogP contribution in [0.5, 0.6) is 0 Å². The van der Waals surface area contributed by atoms with Gasteiger partial charge in [-0.3, -0.25) is 0 Å².